The van der Waals surface area contributed by atoms with E-state index in [9.17, 15) is 14.7 Å². The molecule has 2 heterocycles. The van der Waals surface area contributed by atoms with Crippen molar-refractivity contribution >= 4 is 12.1 Å². The summed E-state index contributed by atoms with van der Waals surface area (Å²) < 4.78 is 7.24. The number of carbonyl (C=O) groups excluding carboxylic acids is 1. The highest BCUT2D eigenvalue weighted by atomic mass is 16.5. The summed E-state index contributed by atoms with van der Waals surface area (Å²) in [4.78, 5) is 26.9. The molecule has 1 aliphatic heterocycles. The Labute approximate surface area is 227 Å². The van der Waals surface area contributed by atoms with Gasteiger partial charge in [-0.15, -0.1) is 5.10 Å². The van der Waals surface area contributed by atoms with Gasteiger partial charge in [0.2, 0.25) is 0 Å². The quantitative estimate of drug-likeness (QED) is 0.321. The molecule has 3 aromatic rings. The van der Waals surface area contributed by atoms with Gasteiger partial charge in [0.15, 0.2) is 0 Å². The average molecular weight is 534 g/mol. The van der Waals surface area contributed by atoms with Gasteiger partial charge in [0.1, 0.15) is 12.6 Å². The molecule has 0 spiro atoms. The van der Waals surface area contributed by atoms with Gasteiger partial charge in [0.25, 0.3) is 0 Å². The Morgan fingerprint density at radius 3 is 2.26 bits per heavy atom. The summed E-state index contributed by atoms with van der Waals surface area (Å²) in [6, 6.07) is 14.9. The molecule has 0 bridgehead atoms. The number of hydrogen-bond donors (Lipinski definition) is 4. The monoisotopic (exact) mass is 533 g/mol. The van der Waals surface area contributed by atoms with Gasteiger partial charge in [-0.2, -0.15) is 0 Å². The van der Waals surface area contributed by atoms with Crippen LogP contribution in [-0.4, -0.2) is 95.5 Å². The first-order chi connectivity index (χ1) is 19.1. The van der Waals surface area contributed by atoms with Crippen LogP contribution in [0, 0.1) is 0 Å². The van der Waals surface area contributed by atoms with Crippen molar-refractivity contribution in [3.8, 4) is 11.1 Å². The minimum absolute atomic E-state index is 0.0110. The fraction of sp³-hybridized carbons (Fsp3) is 0.429. The molecule has 0 saturated carbocycles. The molecule has 0 radical (unpaired) electrons. The summed E-state index contributed by atoms with van der Waals surface area (Å²) in [5, 5.41) is 27.3. The van der Waals surface area contributed by atoms with Gasteiger partial charge in [-0.3, -0.25) is 9.58 Å². The van der Waals surface area contributed by atoms with Gasteiger partial charge in [-0.25, -0.2) is 9.59 Å². The SMILES string of the molecule is O=C(N[C@@H](Cc1cn(CCN2CCNCCNCC2)nn1)C(=O)O)OCC1c2ccccc2-c2ccccc21. The van der Waals surface area contributed by atoms with Gasteiger partial charge in [-0.1, -0.05) is 53.7 Å². The van der Waals surface area contributed by atoms with Crippen LogP contribution in [0.3, 0.4) is 0 Å². The van der Waals surface area contributed by atoms with E-state index in [1.165, 1.54) is 0 Å². The maximum Gasteiger partial charge on any atom is 0.407 e. The van der Waals surface area contributed by atoms with E-state index >= 15 is 0 Å². The van der Waals surface area contributed by atoms with Gasteiger partial charge in [-0.05, 0) is 22.3 Å². The molecule has 2 aliphatic rings. The minimum Gasteiger partial charge on any atom is -0.480 e. The zero-order valence-corrected chi connectivity index (χ0v) is 21.9. The lowest BCUT2D eigenvalue weighted by molar-refractivity contribution is -0.139. The van der Waals surface area contributed by atoms with Crippen LogP contribution in [0.4, 0.5) is 4.79 Å². The van der Waals surface area contributed by atoms with Crippen molar-refractivity contribution in [1.82, 2.24) is 35.8 Å². The Hall–Kier alpha value is -3.80. The zero-order valence-electron chi connectivity index (χ0n) is 21.9. The zero-order chi connectivity index (χ0) is 27.0. The summed E-state index contributed by atoms with van der Waals surface area (Å²) in [7, 11) is 0. The highest BCUT2D eigenvalue weighted by Gasteiger charge is 2.30. The number of benzene rings is 2. The predicted octanol–water partition coefficient (Wildman–Crippen LogP) is 1.31. The van der Waals surface area contributed by atoms with Crippen molar-refractivity contribution < 1.29 is 19.4 Å². The molecule has 1 aromatic heterocycles. The van der Waals surface area contributed by atoms with Crippen molar-refractivity contribution in [2.75, 3.05) is 52.4 Å². The molecule has 1 amide bonds. The Morgan fingerprint density at radius 1 is 0.974 bits per heavy atom. The number of rotatable bonds is 9. The van der Waals surface area contributed by atoms with Gasteiger partial charge in [0.05, 0.1) is 12.2 Å². The van der Waals surface area contributed by atoms with Crippen LogP contribution in [0.2, 0.25) is 0 Å². The van der Waals surface area contributed by atoms with Crippen LogP contribution in [0.15, 0.2) is 54.7 Å². The smallest absolute Gasteiger partial charge is 0.407 e. The first-order valence-electron chi connectivity index (χ1n) is 13.5. The summed E-state index contributed by atoms with van der Waals surface area (Å²) in [6.07, 6.45) is 0.978. The second kappa shape index (κ2) is 12.8. The summed E-state index contributed by atoms with van der Waals surface area (Å²) in [5.41, 5.74) is 4.94. The van der Waals surface area contributed by atoms with E-state index < -0.39 is 18.1 Å². The highest BCUT2D eigenvalue weighted by molar-refractivity contribution is 5.81. The summed E-state index contributed by atoms with van der Waals surface area (Å²) >= 11 is 0. The molecular weight excluding hydrogens is 498 g/mol. The normalized spacial score (nSPS) is 16.8. The predicted molar refractivity (Wildman–Crippen MR) is 146 cm³/mol. The van der Waals surface area contributed by atoms with Crippen molar-refractivity contribution in [3.05, 3.63) is 71.5 Å². The topological polar surface area (TPSA) is 134 Å². The highest BCUT2D eigenvalue weighted by Crippen LogP contribution is 2.44. The van der Waals surface area contributed by atoms with E-state index in [0.29, 0.717) is 12.2 Å². The third kappa shape index (κ3) is 6.80. The van der Waals surface area contributed by atoms with E-state index in [4.69, 9.17) is 4.74 Å². The standard InChI is InChI=1S/C28H35N7O4/c36-27(37)26(17-20-18-35(33-32-20)16-15-34-13-11-29-9-10-30-12-14-34)31-28(38)39-19-25-23-7-3-1-5-21(23)22-6-2-4-8-24(22)25/h1-8,18,25-26,29-30H,9-17,19H2,(H,31,38)(H,36,37)/t26-/m0/s1. The lowest BCUT2D eigenvalue weighted by Gasteiger charge is -2.21. The average Bonchev–Trinajstić information content (AvgIpc) is 3.55. The number of ether oxygens (including phenoxy) is 1. The molecule has 1 fully saturated rings. The minimum atomic E-state index is -1.18. The second-order valence-electron chi connectivity index (χ2n) is 9.88. The number of fused-ring (bicyclic) bond motifs is 3. The van der Waals surface area contributed by atoms with Crippen LogP contribution in [0.1, 0.15) is 22.7 Å². The van der Waals surface area contributed by atoms with Crippen molar-refractivity contribution in [1.29, 1.82) is 0 Å². The molecule has 1 atom stereocenters. The number of alkyl carbamates (subject to hydrolysis) is 1. The molecule has 4 N–H and O–H groups in total. The van der Waals surface area contributed by atoms with E-state index in [0.717, 1.165) is 68.1 Å². The number of carboxylic acid groups (broad SMARTS) is 1. The number of aliphatic carboxylic acids is 1. The molecule has 206 valence electrons. The Kier molecular flexibility index (Phi) is 8.82. The molecule has 1 saturated heterocycles. The number of carbonyl (C=O) groups is 2. The van der Waals surface area contributed by atoms with Crippen LogP contribution in [0.5, 0.6) is 0 Å². The van der Waals surface area contributed by atoms with E-state index in [2.05, 4.69) is 43.3 Å². The third-order valence-corrected chi connectivity index (χ3v) is 7.27. The molecule has 0 unspecified atom stereocenters. The van der Waals surface area contributed by atoms with Crippen molar-refractivity contribution in [2.24, 2.45) is 0 Å². The van der Waals surface area contributed by atoms with Gasteiger partial charge in [0, 0.05) is 64.3 Å². The largest absolute Gasteiger partial charge is 0.480 e. The lowest BCUT2D eigenvalue weighted by Crippen LogP contribution is -2.43. The Balaban J connectivity index is 1.13. The molecule has 2 aromatic carbocycles. The maximum absolute atomic E-state index is 12.6. The fourth-order valence-corrected chi connectivity index (χ4v) is 5.21. The fourth-order valence-electron chi connectivity index (χ4n) is 5.21. The van der Waals surface area contributed by atoms with Crippen LogP contribution >= 0.6 is 0 Å². The second-order valence-corrected chi connectivity index (χ2v) is 9.88. The number of nitrogens with zero attached hydrogens (tertiary/aromatic N) is 4. The third-order valence-electron chi connectivity index (χ3n) is 7.27. The first kappa shape index (κ1) is 26.8. The van der Waals surface area contributed by atoms with Crippen LogP contribution in [-0.2, 0) is 22.5 Å². The first-order valence-corrected chi connectivity index (χ1v) is 13.5. The molecule has 11 nitrogen and oxygen atoms in total. The van der Waals surface area contributed by atoms with Crippen LogP contribution in [0.25, 0.3) is 11.1 Å². The van der Waals surface area contributed by atoms with Gasteiger partial charge >= 0.3 is 12.1 Å². The maximum atomic E-state index is 12.6. The number of aromatic nitrogens is 3. The van der Waals surface area contributed by atoms with E-state index in [-0.39, 0.29) is 18.9 Å². The Bertz CT molecular complexity index is 1220. The molecule has 5 rings (SSSR count). The number of carboxylic acids is 1. The number of nitrogens with one attached hydrogen (secondary N) is 3. The summed E-state index contributed by atoms with van der Waals surface area (Å²) in [5.74, 6) is -1.26. The number of hydrogen-bond acceptors (Lipinski definition) is 8. The molecule has 11 heteroatoms. The molecule has 39 heavy (non-hydrogen) atoms. The molecule has 1 aliphatic carbocycles. The van der Waals surface area contributed by atoms with Crippen molar-refractivity contribution in [3.63, 3.8) is 0 Å². The van der Waals surface area contributed by atoms with Crippen LogP contribution < -0.4 is 16.0 Å². The van der Waals surface area contributed by atoms with E-state index in [1.807, 2.05) is 36.4 Å². The summed E-state index contributed by atoms with van der Waals surface area (Å²) in [6.45, 7) is 7.28. The number of amides is 1. The molecular formula is C28H35N7O4. The Morgan fingerprint density at radius 2 is 1.62 bits per heavy atom. The van der Waals surface area contributed by atoms with Gasteiger partial charge < -0.3 is 25.8 Å². The van der Waals surface area contributed by atoms with Crippen molar-refractivity contribution in [2.45, 2.75) is 24.9 Å². The lowest BCUT2D eigenvalue weighted by atomic mass is 9.98. The van der Waals surface area contributed by atoms with E-state index in [1.54, 1.807) is 10.9 Å².